The lowest BCUT2D eigenvalue weighted by atomic mass is 9.88. The maximum Gasteiger partial charge on any atom is 0.416 e. The Labute approximate surface area is 519 Å². The van der Waals surface area contributed by atoms with Gasteiger partial charge in [0.05, 0.1) is 57.9 Å². The van der Waals surface area contributed by atoms with Gasteiger partial charge in [-0.3, -0.25) is 38.5 Å². The topological polar surface area (TPSA) is 237 Å². The molecule has 0 aromatic heterocycles. The number of ketones is 2. The van der Waals surface area contributed by atoms with Crippen LogP contribution in [-0.4, -0.2) is 139 Å². The Kier molecular flexibility index (Phi) is 19.9. The number of fused-ring (bicyclic) bond motifs is 4. The first-order valence-corrected chi connectivity index (χ1v) is 31.2. The van der Waals surface area contributed by atoms with Crippen LogP contribution in [0.2, 0.25) is 0 Å². The molecule has 20 nitrogen and oxygen atoms in total. The zero-order valence-electron chi connectivity index (χ0n) is 51.7. The Hall–Kier alpha value is -8.52. The fourth-order valence-corrected chi connectivity index (χ4v) is 12.7. The molecule has 1 saturated carbocycles. The number of amides is 6. The van der Waals surface area contributed by atoms with Gasteiger partial charge in [0.1, 0.15) is 18.1 Å². The van der Waals surface area contributed by atoms with Crippen molar-refractivity contribution in [3.8, 4) is 28.7 Å². The summed E-state index contributed by atoms with van der Waals surface area (Å²) in [5, 5.41) is 15.0. The average Bonchev–Trinajstić information content (AvgIpc) is 1.62. The molecule has 2 fully saturated rings. The number of nitrogens with zero attached hydrogens (tertiary/aromatic N) is 4. The number of imide groups is 1. The van der Waals surface area contributed by atoms with E-state index in [1.807, 2.05) is 55.3 Å². The lowest BCUT2D eigenvalue weighted by molar-refractivity contribution is -0.137. The van der Waals surface area contributed by atoms with Crippen molar-refractivity contribution in [1.82, 2.24) is 20.0 Å². The number of nitrogens with one attached hydrogen (secondary N) is 1. The van der Waals surface area contributed by atoms with E-state index in [2.05, 4.69) is 5.32 Å². The number of anilines is 1. The Bertz CT molecular complexity index is 3390. The Morgan fingerprint density at radius 1 is 0.730 bits per heavy atom. The standard InChI is InChI=1S/C69H81N5O15/c1-42(2)52(34-50(75)13-9-7-10-28-71-62(77)24-25-63(71)78)64(79)70-43(3)57(76)31-44-14-16-45(17-15-44)40-89-68(83)74-55-37-61(59(86-6)36-54(55)66(81)73-41-69(26-27-69)38-56(73)67(74)82)88-30-12-8-11-29-87-60-33-47-18-21-49-32-48(46-19-22-51(84-4)23-20-46)39-72(49)65(80)53(47)35-58(60)85-5/h14-17,19-20,22-25,33,35-37,39,42-43,49,52,56,67,82H,7-13,18,21,26-32,34,38,40-41H2,1-6H3,(H,70,79)/t43-,49+,52-,56-,67+/m0/s1. The molecule has 0 unspecified atom stereocenters. The first-order valence-electron chi connectivity index (χ1n) is 31.2. The van der Waals surface area contributed by atoms with E-state index < -0.39 is 30.3 Å². The zero-order chi connectivity index (χ0) is 63.1. The third-order valence-corrected chi connectivity index (χ3v) is 18.3. The van der Waals surface area contributed by atoms with E-state index in [9.17, 15) is 43.5 Å². The normalized spacial score (nSPS) is 19.4. The van der Waals surface area contributed by atoms with Gasteiger partial charge >= 0.3 is 6.09 Å². The van der Waals surface area contributed by atoms with Gasteiger partial charge in [0, 0.05) is 74.3 Å². The van der Waals surface area contributed by atoms with Gasteiger partial charge < -0.3 is 48.6 Å². The second-order valence-electron chi connectivity index (χ2n) is 24.7. The molecule has 10 rings (SSSR count). The predicted molar refractivity (Wildman–Crippen MR) is 330 cm³/mol. The molecule has 4 aromatic carbocycles. The van der Waals surface area contributed by atoms with Crippen molar-refractivity contribution < 1.29 is 71.9 Å². The number of ether oxygens (including phenoxy) is 6. The van der Waals surface area contributed by atoms with Crippen molar-refractivity contribution in [3.63, 3.8) is 0 Å². The van der Waals surface area contributed by atoms with E-state index in [0.717, 1.165) is 59.5 Å². The highest BCUT2D eigenvalue weighted by atomic mass is 16.6. The molecule has 89 heavy (non-hydrogen) atoms. The van der Waals surface area contributed by atoms with Gasteiger partial charge in [-0.15, -0.1) is 0 Å². The summed E-state index contributed by atoms with van der Waals surface area (Å²) in [5.74, 6) is -0.132. The smallest absolute Gasteiger partial charge is 0.416 e. The molecule has 5 aliphatic heterocycles. The number of hydrogen-bond donors (Lipinski definition) is 2. The van der Waals surface area contributed by atoms with Gasteiger partial charge in [0.15, 0.2) is 35.0 Å². The number of rotatable bonds is 28. The van der Waals surface area contributed by atoms with Gasteiger partial charge in [-0.25, -0.2) is 9.69 Å². The van der Waals surface area contributed by atoms with Gasteiger partial charge in [0.2, 0.25) is 5.91 Å². The van der Waals surface area contributed by atoms with Crippen molar-refractivity contribution in [1.29, 1.82) is 0 Å². The minimum atomic E-state index is -1.43. The average molecular weight is 1220 g/mol. The molecule has 1 aliphatic carbocycles. The molecular weight excluding hydrogens is 1140 g/mol. The first kappa shape index (κ1) is 63.5. The Morgan fingerprint density at radius 3 is 2.03 bits per heavy atom. The van der Waals surface area contributed by atoms with E-state index in [-0.39, 0.29) is 108 Å². The largest absolute Gasteiger partial charge is 0.497 e. The Morgan fingerprint density at radius 2 is 1.38 bits per heavy atom. The second kappa shape index (κ2) is 27.9. The highest BCUT2D eigenvalue weighted by molar-refractivity contribution is 6.13. The summed E-state index contributed by atoms with van der Waals surface area (Å²) in [6.45, 7) is 6.54. The van der Waals surface area contributed by atoms with Gasteiger partial charge in [-0.1, -0.05) is 56.7 Å². The van der Waals surface area contributed by atoms with Gasteiger partial charge in [-0.2, -0.15) is 0 Å². The number of aliphatic hydroxyl groups excluding tert-OH is 1. The number of carbonyl (C=O) groups is 8. The summed E-state index contributed by atoms with van der Waals surface area (Å²) in [7, 11) is 4.68. The summed E-state index contributed by atoms with van der Waals surface area (Å²) >= 11 is 0. The SMILES string of the molecule is COc1ccc(C2=CN3C(=O)c4cc(OC)c(OCCCCCOc5cc6c(cc5OC)C(=O)N5CC7(CC7)C[C@H]5[C@@H](O)N6C(=O)OCc5ccc(CC(=O)[C@H](C)NC(=O)[C@@H](CC(=O)CCCCCN6C(=O)C=CC6=O)C(C)C)cc5)cc4CC[C@@H]3C2)cc1. The van der Waals surface area contributed by atoms with Crippen LogP contribution >= 0.6 is 0 Å². The number of aryl methyl sites for hydroxylation is 1. The number of methoxy groups -OCH3 is 3. The molecule has 4 aromatic rings. The minimum Gasteiger partial charge on any atom is -0.497 e. The molecule has 5 heterocycles. The van der Waals surface area contributed by atoms with Crippen LogP contribution in [0.5, 0.6) is 28.7 Å². The van der Waals surface area contributed by atoms with E-state index >= 15 is 0 Å². The number of Topliss-reactive ketones (excluding diaryl/α,β-unsaturated/α-hetero) is 2. The second-order valence-corrected chi connectivity index (χ2v) is 24.7. The third kappa shape index (κ3) is 14.5. The third-order valence-electron chi connectivity index (χ3n) is 18.3. The molecule has 20 heteroatoms. The van der Waals surface area contributed by atoms with Crippen molar-refractivity contribution in [2.75, 3.05) is 52.5 Å². The van der Waals surface area contributed by atoms with Crippen LogP contribution in [0.4, 0.5) is 10.5 Å². The van der Waals surface area contributed by atoms with Gasteiger partial charge in [0.25, 0.3) is 23.6 Å². The highest BCUT2D eigenvalue weighted by Gasteiger charge is 2.58. The number of unbranched alkanes of at least 4 members (excludes halogenated alkanes) is 4. The van der Waals surface area contributed by atoms with E-state index in [1.165, 1.54) is 24.2 Å². The fraction of sp³-hybridized carbons (Fsp3) is 0.478. The number of hydrogen-bond acceptors (Lipinski definition) is 15. The van der Waals surface area contributed by atoms with Crippen LogP contribution < -0.4 is 33.9 Å². The molecule has 0 radical (unpaired) electrons. The fourth-order valence-electron chi connectivity index (χ4n) is 12.7. The van der Waals surface area contributed by atoms with E-state index in [0.29, 0.717) is 98.6 Å². The van der Waals surface area contributed by atoms with Crippen molar-refractivity contribution in [2.24, 2.45) is 17.3 Å². The van der Waals surface area contributed by atoms with Gasteiger partial charge in [-0.05, 0) is 147 Å². The molecule has 5 atom stereocenters. The summed E-state index contributed by atoms with van der Waals surface area (Å²) < 4.78 is 35.3. The molecule has 1 spiro atoms. The number of benzene rings is 4. The zero-order valence-corrected chi connectivity index (χ0v) is 51.7. The molecule has 6 aliphatic rings. The van der Waals surface area contributed by atoms with Crippen LogP contribution in [0.15, 0.2) is 91.1 Å². The molecule has 472 valence electrons. The summed E-state index contributed by atoms with van der Waals surface area (Å²) in [5.41, 5.74) is 5.16. The van der Waals surface area contributed by atoms with E-state index in [4.69, 9.17) is 28.4 Å². The molecule has 0 bridgehead atoms. The number of carbonyl (C=O) groups excluding carboxylic acids is 8. The summed E-state index contributed by atoms with van der Waals surface area (Å²) in [6.07, 6.45) is 10.9. The quantitative estimate of drug-likeness (QED) is 0.0398. The highest BCUT2D eigenvalue weighted by Crippen LogP contribution is 2.57. The monoisotopic (exact) mass is 1220 g/mol. The van der Waals surface area contributed by atoms with Crippen molar-refractivity contribution >= 4 is 58.5 Å². The van der Waals surface area contributed by atoms with Crippen LogP contribution in [0.3, 0.4) is 0 Å². The summed E-state index contributed by atoms with van der Waals surface area (Å²) in [6, 6.07) is 20.2. The van der Waals surface area contributed by atoms with E-state index in [1.54, 1.807) is 68.5 Å². The van der Waals surface area contributed by atoms with Crippen LogP contribution in [-0.2, 0) is 48.2 Å². The van der Waals surface area contributed by atoms with Crippen LogP contribution in [0.25, 0.3) is 5.57 Å². The molecule has 6 amide bonds. The van der Waals surface area contributed by atoms with Crippen LogP contribution in [0, 0.1) is 17.3 Å². The summed E-state index contributed by atoms with van der Waals surface area (Å²) in [4.78, 5) is 112. The Balaban J connectivity index is 0.712. The molecule has 2 N–H and O–H groups in total. The molecular formula is C69H81N5O15. The maximum atomic E-state index is 14.4. The lowest BCUT2D eigenvalue weighted by Gasteiger charge is -2.31. The van der Waals surface area contributed by atoms with Crippen molar-refractivity contribution in [2.45, 2.75) is 148 Å². The minimum absolute atomic E-state index is 0.00728. The van der Waals surface area contributed by atoms with Crippen LogP contribution in [0.1, 0.15) is 147 Å². The van der Waals surface area contributed by atoms with Crippen molar-refractivity contribution in [3.05, 3.63) is 125 Å². The predicted octanol–water partition coefficient (Wildman–Crippen LogP) is 9.35. The number of aliphatic hydroxyl groups is 1. The lowest BCUT2D eigenvalue weighted by Crippen LogP contribution is -2.50. The first-order chi connectivity index (χ1) is 42.9. The molecule has 1 saturated heterocycles. The maximum absolute atomic E-state index is 14.4.